The highest BCUT2D eigenvalue weighted by Crippen LogP contribution is 2.21. The Balaban J connectivity index is 3.33. The van der Waals surface area contributed by atoms with Crippen LogP contribution in [0.1, 0.15) is 470 Å². The van der Waals surface area contributed by atoms with Crippen molar-refractivity contribution in [3.8, 4) is 0 Å². The maximum Gasteiger partial charge on any atom is 0.220 e. The highest BCUT2D eigenvalue weighted by molar-refractivity contribution is 5.76. The van der Waals surface area contributed by atoms with E-state index in [0.29, 0.717) is 12.8 Å². The highest BCUT2D eigenvalue weighted by atomic mass is 16.3. The van der Waals surface area contributed by atoms with E-state index < -0.39 is 12.1 Å². The second-order valence-corrected chi connectivity index (χ2v) is 27.2. The van der Waals surface area contributed by atoms with Crippen LogP contribution in [0.5, 0.6) is 0 Å². The lowest BCUT2D eigenvalue weighted by Gasteiger charge is -2.22. The molecular formula is C77H155NO3. The van der Waals surface area contributed by atoms with E-state index in [4.69, 9.17) is 0 Å². The van der Waals surface area contributed by atoms with Crippen LogP contribution in [-0.4, -0.2) is 34.9 Å². The van der Waals surface area contributed by atoms with Gasteiger partial charge >= 0.3 is 0 Å². The first-order chi connectivity index (χ1) is 40.2. The van der Waals surface area contributed by atoms with E-state index in [1.807, 2.05) is 0 Å². The third-order valence-electron chi connectivity index (χ3n) is 18.9. The standard InChI is InChI=1S/C77H155NO3/c1-3-5-7-9-11-13-15-17-19-21-23-25-27-29-31-33-35-36-37-38-39-40-41-42-43-45-47-49-51-53-55-57-59-61-63-65-67-69-71-73-77(81)78-75(74-79)76(80)72-70-68-66-64-62-60-58-56-54-52-50-48-46-44-34-32-30-28-26-24-22-20-18-16-14-12-10-8-6-4-2/h75-76,79-80H,3-74H2,1-2H3,(H,78,81). The topological polar surface area (TPSA) is 69.6 Å². The first kappa shape index (κ1) is 80.4. The van der Waals surface area contributed by atoms with E-state index in [1.54, 1.807) is 0 Å². The summed E-state index contributed by atoms with van der Waals surface area (Å²) in [6, 6.07) is -0.533. The molecule has 4 nitrogen and oxygen atoms in total. The van der Waals surface area contributed by atoms with Crippen LogP contribution in [0, 0.1) is 0 Å². The predicted molar refractivity (Wildman–Crippen MR) is 364 cm³/mol. The Morgan fingerprint density at radius 3 is 0.556 bits per heavy atom. The number of aliphatic hydroxyl groups excluding tert-OH is 2. The van der Waals surface area contributed by atoms with Crippen molar-refractivity contribution in [1.29, 1.82) is 0 Å². The smallest absolute Gasteiger partial charge is 0.220 e. The summed E-state index contributed by atoms with van der Waals surface area (Å²) in [7, 11) is 0. The number of unbranched alkanes of at least 4 members (excludes halogenated alkanes) is 67. The predicted octanol–water partition coefficient (Wildman–Crippen LogP) is 26.6. The molecule has 0 saturated heterocycles. The first-order valence-electron chi connectivity index (χ1n) is 38.7. The molecule has 0 spiro atoms. The highest BCUT2D eigenvalue weighted by Gasteiger charge is 2.20. The molecule has 1 amide bonds. The van der Waals surface area contributed by atoms with Gasteiger partial charge in [0.25, 0.3) is 0 Å². The molecule has 81 heavy (non-hydrogen) atoms. The normalized spacial score (nSPS) is 12.5. The largest absolute Gasteiger partial charge is 0.394 e. The Morgan fingerprint density at radius 1 is 0.247 bits per heavy atom. The Kier molecular flexibility index (Phi) is 73.1. The van der Waals surface area contributed by atoms with Gasteiger partial charge in [-0.1, -0.05) is 450 Å². The van der Waals surface area contributed by atoms with Crippen LogP contribution in [-0.2, 0) is 4.79 Å². The number of aliphatic hydroxyl groups is 2. The van der Waals surface area contributed by atoms with Gasteiger partial charge in [0.1, 0.15) is 0 Å². The van der Waals surface area contributed by atoms with E-state index in [1.165, 1.54) is 417 Å². The monoisotopic (exact) mass is 1140 g/mol. The maximum absolute atomic E-state index is 12.6. The van der Waals surface area contributed by atoms with Gasteiger partial charge in [0.2, 0.25) is 5.91 Å². The molecule has 0 saturated carbocycles. The van der Waals surface area contributed by atoms with Crippen molar-refractivity contribution in [2.75, 3.05) is 6.61 Å². The summed E-state index contributed by atoms with van der Waals surface area (Å²) < 4.78 is 0. The molecule has 0 radical (unpaired) electrons. The second kappa shape index (κ2) is 73.6. The molecule has 0 aromatic heterocycles. The summed E-state index contributed by atoms with van der Waals surface area (Å²) in [5, 5.41) is 23.5. The Labute approximate surface area is 512 Å². The Morgan fingerprint density at radius 2 is 0.395 bits per heavy atom. The Bertz CT molecular complexity index is 1110. The number of hydrogen-bond acceptors (Lipinski definition) is 3. The number of rotatable bonds is 74. The molecule has 3 N–H and O–H groups in total. The summed E-state index contributed by atoms with van der Waals surface area (Å²) in [5.74, 6) is -0.0182. The molecule has 486 valence electrons. The van der Waals surface area contributed by atoms with E-state index in [9.17, 15) is 15.0 Å². The van der Waals surface area contributed by atoms with Crippen LogP contribution in [0.4, 0.5) is 0 Å². The zero-order chi connectivity index (χ0) is 58.4. The quantitative estimate of drug-likeness (QED) is 0.0532. The van der Waals surface area contributed by atoms with Gasteiger partial charge in [-0.2, -0.15) is 0 Å². The molecule has 2 atom stereocenters. The fourth-order valence-corrected chi connectivity index (χ4v) is 13.0. The zero-order valence-corrected chi connectivity index (χ0v) is 56.4. The molecule has 0 aliphatic rings. The average Bonchev–Trinajstić information content (AvgIpc) is 3.47. The van der Waals surface area contributed by atoms with Gasteiger partial charge in [-0.05, 0) is 12.8 Å². The molecule has 0 aromatic carbocycles. The van der Waals surface area contributed by atoms with E-state index in [-0.39, 0.29) is 12.5 Å². The Hall–Kier alpha value is -0.610. The van der Waals surface area contributed by atoms with Crippen LogP contribution >= 0.6 is 0 Å². The SMILES string of the molecule is CCCCCCCCCCCCCCCCCCCCCCCCCCCCCCCCCCCCCCCCCC(=O)NC(CO)C(O)CCCCCCCCCCCCCCCCCCCCCCCCCCCCCCCC. The van der Waals surface area contributed by atoms with E-state index >= 15 is 0 Å². The lowest BCUT2D eigenvalue weighted by Crippen LogP contribution is -2.45. The van der Waals surface area contributed by atoms with Crippen LogP contribution in [0.3, 0.4) is 0 Å². The maximum atomic E-state index is 12.6. The molecule has 0 bridgehead atoms. The van der Waals surface area contributed by atoms with Gasteiger partial charge in [0.15, 0.2) is 0 Å². The molecule has 0 rings (SSSR count). The molecule has 0 fully saturated rings. The fourth-order valence-electron chi connectivity index (χ4n) is 13.0. The molecule has 4 heteroatoms. The van der Waals surface area contributed by atoms with Crippen LogP contribution < -0.4 is 5.32 Å². The third kappa shape index (κ3) is 70.0. The summed E-state index contributed by atoms with van der Waals surface area (Å²) in [6.07, 6.45) is 97.9. The van der Waals surface area contributed by atoms with Crippen molar-refractivity contribution in [3.63, 3.8) is 0 Å². The lowest BCUT2D eigenvalue weighted by molar-refractivity contribution is -0.123. The first-order valence-corrected chi connectivity index (χ1v) is 38.7. The zero-order valence-electron chi connectivity index (χ0n) is 56.4. The van der Waals surface area contributed by atoms with Crippen molar-refractivity contribution < 1.29 is 15.0 Å². The van der Waals surface area contributed by atoms with E-state index in [2.05, 4.69) is 19.2 Å². The fraction of sp³-hybridized carbons (Fsp3) is 0.987. The van der Waals surface area contributed by atoms with Crippen molar-refractivity contribution in [1.82, 2.24) is 5.32 Å². The number of nitrogens with one attached hydrogen (secondary N) is 1. The average molecular weight is 1140 g/mol. The second-order valence-electron chi connectivity index (χ2n) is 27.2. The number of carbonyl (C=O) groups excluding carboxylic acids is 1. The summed E-state index contributed by atoms with van der Waals surface area (Å²) >= 11 is 0. The molecule has 2 unspecified atom stereocenters. The minimum atomic E-state index is -0.657. The van der Waals surface area contributed by atoms with Gasteiger partial charge in [-0.25, -0.2) is 0 Å². The molecule has 0 aliphatic carbocycles. The van der Waals surface area contributed by atoms with Gasteiger partial charge in [-0.3, -0.25) is 4.79 Å². The van der Waals surface area contributed by atoms with Gasteiger partial charge in [0, 0.05) is 6.42 Å². The van der Waals surface area contributed by atoms with Crippen molar-refractivity contribution in [2.24, 2.45) is 0 Å². The molecule has 0 heterocycles. The lowest BCUT2D eigenvalue weighted by atomic mass is 10.0. The van der Waals surface area contributed by atoms with E-state index in [0.717, 1.165) is 25.7 Å². The minimum absolute atomic E-state index is 0.0182. The summed E-state index contributed by atoms with van der Waals surface area (Å²) in [4.78, 5) is 12.6. The van der Waals surface area contributed by atoms with Crippen LogP contribution in [0.2, 0.25) is 0 Å². The van der Waals surface area contributed by atoms with Gasteiger partial charge < -0.3 is 15.5 Å². The van der Waals surface area contributed by atoms with Crippen LogP contribution in [0.25, 0.3) is 0 Å². The third-order valence-corrected chi connectivity index (χ3v) is 18.9. The summed E-state index contributed by atoms with van der Waals surface area (Å²) in [6.45, 7) is 4.43. The molecular weight excluding hydrogens is 987 g/mol. The van der Waals surface area contributed by atoms with Crippen molar-refractivity contribution in [3.05, 3.63) is 0 Å². The minimum Gasteiger partial charge on any atom is -0.394 e. The summed E-state index contributed by atoms with van der Waals surface area (Å²) in [5.41, 5.74) is 0. The number of amides is 1. The molecule has 0 aromatic rings. The van der Waals surface area contributed by atoms with Crippen molar-refractivity contribution in [2.45, 2.75) is 482 Å². The number of carbonyl (C=O) groups is 1. The van der Waals surface area contributed by atoms with Gasteiger partial charge in [0.05, 0.1) is 18.8 Å². The number of hydrogen-bond donors (Lipinski definition) is 3. The molecule has 0 aliphatic heterocycles. The van der Waals surface area contributed by atoms with Gasteiger partial charge in [-0.15, -0.1) is 0 Å². The van der Waals surface area contributed by atoms with Crippen molar-refractivity contribution >= 4 is 5.91 Å². The van der Waals surface area contributed by atoms with Crippen LogP contribution in [0.15, 0.2) is 0 Å².